The lowest BCUT2D eigenvalue weighted by Crippen LogP contribution is -2.51. The van der Waals surface area contributed by atoms with Gasteiger partial charge in [0.1, 0.15) is 24.6 Å². The van der Waals surface area contributed by atoms with Crippen LogP contribution in [0.2, 0.25) is 0 Å². The van der Waals surface area contributed by atoms with Gasteiger partial charge in [-0.05, 0) is 7.05 Å². The second-order valence-corrected chi connectivity index (χ2v) is 2.68. The SMILES string of the molecule is CN[C@@H](C=O)[C@H](O)[C@@H](O)[C@@H](O)CO. The van der Waals surface area contributed by atoms with Crippen LogP contribution >= 0.6 is 0 Å². The van der Waals surface area contributed by atoms with Crippen molar-refractivity contribution in [1.29, 1.82) is 0 Å². The largest absolute Gasteiger partial charge is 0.394 e. The van der Waals surface area contributed by atoms with Crippen molar-refractivity contribution in [3.8, 4) is 0 Å². The fraction of sp³-hybridized carbons (Fsp3) is 0.857. The second kappa shape index (κ2) is 6.01. The molecule has 0 saturated carbocycles. The fourth-order valence-electron chi connectivity index (χ4n) is 0.867. The quantitative estimate of drug-likeness (QED) is 0.285. The Labute approximate surface area is 75.8 Å². The van der Waals surface area contributed by atoms with Crippen molar-refractivity contribution in [2.45, 2.75) is 24.4 Å². The Hall–Kier alpha value is -0.530. The fourth-order valence-corrected chi connectivity index (χ4v) is 0.867. The number of carbonyl (C=O) groups is 1. The molecular formula is C7H15NO5. The van der Waals surface area contributed by atoms with Crippen LogP contribution in [0.1, 0.15) is 0 Å². The number of hydrogen-bond acceptors (Lipinski definition) is 6. The lowest BCUT2D eigenvalue weighted by atomic mass is 10.0. The zero-order chi connectivity index (χ0) is 10.4. The van der Waals surface area contributed by atoms with Crippen LogP contribution in [0.3, 0.4) is 0 Å². The Morgan fingerprint density at radius 3 is 2.15 bits per heavy atom. The molecule has 0 aliphatic heterocycles. The molecule has 13 heavy (non-hydrogen) atoms. The van der Waals surface area contributed by atoms with E-state index in [2.05, 4.69) is 5.32 Å². The van der Waals surface area contributed by atoms with Crippen LogP contribution in [-0.2, 0) is 4.79 Å². The first kappa shape index (κ1) is 12.5. The molecule has 0 aliphatic carbocycles. The van der Waals surface area contributed by atoms with Crippen LogP contribution in [0, 0.1) is 0 Å². The van der Waals surface area contributed by atoms with E-state index in [1.165, 1.54) is 7.05 Å². The summed E-state index contributed by atoms with van der Waals surface area (Å²) in [5.74, 6) is 0. The highest BCUT2D eigenvalue weighted by Crippen LogP contribution is 2.03. The first-order valence-corrected chi connectivity index (χ1v) is 3.86. The van der Waals surface area contributed by atoms with Crippen LogP contribution in [0.4, 0.5) is 0 Å². The number of nitrogens with one attached hydrogen (secondary N) is 1. The molecule has 0 spiro atoms. The molecule has 0 aliphatic rings. The molecule has 0 bridgehead atoms. The molecule has 0 aromatic carbocycles. The van der Waals surface area contributed by atoms with Crippen molar-refractivity contribution < 1.29 is 25.2 Å². The lowest BCUT2D eigenvalue weighted by Gasteiger charge is -2.25. The molecular weight excluding hydrogens is 178 g/mol. The predicted octanol–water partition coefficient (Wildman–Crippen LogP) is -3.15. The molecule has 4 atom stereocenters. The maximum absolute atomic E-state index is 10.3. The van der Waals surface area contributed by atoms with Gasteiger partial charge in [0, 0.05) is 0 Å². The third-order valence-corrected chi connectivity index (χ3v) is 1.78. The summed E-state index contributed by atoms with van der Waals surface area (Å²) in [7, 11) is 1.43. The summed E-state index contributed by atoms with van der Waals surface area (Å²) in [6, 6.07) is -0.962. The van der Waals surface area contributed by atoms with Gasteiger partial charge >= 0.3 is 0 Å². The first-order valence-electron chi connectivity index (χ1n) is 3.86. The zero-order valence-electron chi connectivity index (χ0n) is 7.29. The molecule has 0 aromatic rings. The van der Waals surface area contributed by atoms with Crippen LogP contribution in [0.25, 0.3) is 0 Å². The summed E-state index contributed by atoms with van der Waals surface area (Å²) >= 11 is 0. The first-order chi connectivity index (χ1) is 6.08. The van der Waals surface area contributed by atoms with E-state index in [4.69, 9.17) is 15.3 Å². The van der Waals surface area contributed by atoms with Crippen molar-refractivity contribution in [2.75, 3.05) is 13.7 Å². The van der Waals surface area contributed by atoms with E-state index < -0.39 is 31.0 Å². The molecule has 0 heterocycles. The number of rotatable bonds is 6. The Bertz CT molecular complexity index is 154. The van der Waals surface area contributed by atoms with Gasteiger partial charge in [-0.2, -0.15) is 0 Å². The van der Waals surface area contributed by atoms with Crippen molar-refractivity contribution in [3.05, 3.63) is 0 Å². The third-order valence-electron chi connectivity index (χ3n) is 1.78. The van der Waals surface area contributed by atoms with Gasteiger partial charge in [-0.25, -0.2) is 0 Å². The highest BCUT2D eigenvalue weighted by molar-refractivity contribution is 5.58. The summed E-state index contributed by atoms with van der Waals surface area (Å²) in [5, 5.41) is 38.2. The Morgan fingerprint density at radius 2 is 1.85 bits per heavy atom. The minimum Gasteiger partial charge on any atom is -0.394 e. The van der Waals surface area contributed by atoms with Gasteiger partial charge in [0.25, 0.3) is 0 Å². The van der Waals surface area contributed by atoms with Crippen molar-refractivity contribution in [3.63, 3.8) is 0 Å². The zero-order valence-corrected chi connectivity index (χ0v) is 7.29. The summed E-state index contributed by atoms with van der Waals surface area (Å²) in [6.07, 6.45) is -4.03. The topological polar surface area (TPSA) is 110 Å². The average Bonchev–Trinajstić information content (AvgIpc) is 2.17. The van der Waals surface area contributed by atoms with E-state index in [9.17, 15) is 9.90 Å². The van der Waals surface area contributed by atoms with Gasteiger partial charge in [0.2, 0.25) is 0 Å². The number of likely N-dealkylation sites (N-methyl/N-ethyl adjacent to an activating group) is 1. The Kier molecular flexibility index (Phi) is 5.76. The maximum atomic E-state index is 10.3. The molecule has 0 saturated heterocycles. The highest BCUT2D eigenvalue weighted by atomic mass is 16.4. The predicted molar refractivity (Wildman–Crippen MR) is 44.0 cm³/mol. The monoisotopic (exact) mass is 193 g/mol. The summed E-state index contributed by atoms with van der Waals surface area (Å²) in [5.41, 5.74) is 0. The van der Waals surface area contributed by atoms with Crippen LogP contribution in [0.5, 0.6) is 0 Å². The van der Waals surface area contributed by atoms with Gasteiger partial charge in [0.05, 0.1) is 12.6 Å². The van der Waals surface area contributed by atoms with E-state index in [1.807, 2.05) is 0 Å². The van der Waals surface area contributed by atoms with Crippen molar-refractivity contribution in [2.24, 2.45) is 0 Å². The standard InChI is InChI=1S/C7H15NO5/c1-8-4(2-9)6(12)7(13)5(11)3-10/h2,4-8,10-13H,3H2,1H3/t4-,5-,6-,7-/m0/s1. The van der Waals surface area contributed by atoms with Crippen LogP contribution in [0.15, 0.2) is 0 Å². The molecule has 0 rings (SSSR count). The summed E-state index contributed by atoms with van der Waals surface area (Å²) < 4.78 is 0. The minimum atomic E-state index is -1.55. The number of aliphatic hydroxyl groups excluding tert-OH is 4. The van der Waals surface area contributed by atoms with Gasteiger partial charge < -0.3 is 30.5 Å². The molecule has 6 nitrogen and oxygen atoms in total. The molecule has 0 amide bonds. The van der Waals surface area contributed by atoms with E-state index >= 15 is 0 Å². The Balaban J connectivity index is 4.21. The van der Waals surface area contributed by atoms with Crippen molar-refractivity contribution in [1.82, 2.24) is 5.32 Å². The van der Waals surface area contributed by atoms with Crippen molar-refractivity contribution >= 4 is 6.29 Å². The molecule has 78 valence electrons. The van der Waals surface area contributed by atoms with Crippen LogP contribution < -0.4 is 5.32 Å². The number of aldehydes is 1. The van der Waals surface area contributed by atoms with Gasteiger partial charge in [-0.1, -0.05) is 0 Å². The van der Waals surface area contributed by atoms with Gasteiger partial charge in [-0.15, -0.1) is 0 Å². The molecule has 6 heteroatoms. The molecule has 5 N–H and O–H groups in total. The smallest absolute Gasteiger partial charge is 0.139 e. The van der Waals surface area contributed by atoms with E-state index in [1.54, 1.807) is 0 Å². The molecule has 0 aromatic heterocycles. The molecule has 0 unspecified atom stereocenters. The second-order valence-electron chi connectivity index (χ2n) is 2.68. The van der Waals surface area contributed by atoms with E-state index in [0.29, 0.717) is 6.29 Å². The summed E-state index contributed by atoms with van der Waals surface area (Å²) in [6.45, 7) is -0.673. The number of hydrogen-bond donors (Lipinski definition) is 5. The van der Waals surface area contributed by atoms with Crippen LogP contribution in [-0.4, -0.2) is 64.7 Å². The number of aliphatic hydroxyl groups is 4. The maximum Gasteiger partial charge on any atom is 0.139 e. The number of carbonyl (C=O) groups excluding carboxylic acids is 1. The van der Waals surface area contributed by atoms with E-state index in [0.717, 1.165) is 0 Å². The van der Waals surface area contributed by atoms with E-state index in [-0.39, 0.29) is 0 Å². The minimum absolute atomic E-state index is 0.415. The highest BCUT2D eigenvalue weighted by Gasteiger charge is 2.29. The molecule has 0 radical (unpaired) electrons. The Morgan fingerprint density at radius 1 is 1.31 bits per heavy atom. The lowest BCUT2D eigenvalue weighted by molar-refractivity contribution is -0.119. The normalized spacial score (nSPS) is 20.4. The van der Waals surface area contributed by atoms with Gasteiger partial charge in [0.15, 0.2) is 0 Å². The third kappa shape index (κ3) is 3.37. The summed E-state index contributed by atoms with van der Waals surface area (Å²) in [4.78, 5) is 10.3. The van der Waals surface area contributed by atoms with Gasteiger partial charge in [-0.3, -0.25) is 0 Å². The average molecular weight is 193 g/mol. The molecule has 0 fully saturated rings.